The van der Waals surface area contributed by atoms with Crippen LogP contribution in [0.15, 0.2) is 5.38 Å². The van der Waals surface area contributed by atoms with E-state index in [2.05, 4.69) is 4.98 Å². The molecular weight excluding hydrogens is 226 g/mol. The van der Waals surface area contributed by atoms with Gasteiger partial charge in [-0.1, -0.05) is 6.92 Å². The zero-order chi connectivity index (χ0) is 11.8. The number of aromatic nitrogens is 1. The number of carbonyl (C=O) groups is 1. The van der Waals surface area contributed by atoms with Crippen molar-refractivity contribution in [3.05, 3.63) is 11.1 Å². The van der Waals surface area contributed by atoms with E-state index in [9.17, 15) is 4.79 Å². The Morgan fingerprint density at radius 2 is 2.56 bits per heavy atom. The van der Waals surface area contributed by atoms with E-state index in [4.69, 9.17) is 10.8 Å². The average molecular weight is 241 g/mol. The molecule has 6 heteroatoms. The van der Waals surface area contributed by atoms with Crippen molar-refractivity contribution in [2.24, 2.45) is 5.73 Å². The zero-order valence-electron chi connectivity index (χ0n) is 9.14. The molecular formula is C10H15N3O2S. The molecule has 2 rings (SSSR count). The number of thiazole rings is 1. The van der Waals surface area contributed by atoms with E-state index < -0.39 is 11.5 Å². The van der Waals surface area contributed by atoms with Crippen LogP contribution in [0.2, 0.25) is 0 Å². The molecule has 5 nitrogen and oxygen atoms in total. The van der Waals surface area contributed by atoms with Gasteiger partial charge in [0.1, 0.15) is 5.54 Å². The second-order valence-electron chi connectivity index (χ2n) is 4.11. The fraction of sp³-hybridized carbons (Fsp3) is 0.600. The smallest absolute Gasteiger partial charge is 0.325 e. The average Bonchev–Trinajstić information content (AvgIpc) is 2.84. The largest absolute Gasteiger partial charge is 0.480 e. The third-order valence-electron chi connectivity index (χ3n) is 2.90. The van der Waals surface area contributed by atoms with Crippen molar-refractivity contribution in [3.8, 4) is 0 Å². The van der Waals surface area contributed by atoms with Crippen molar-refractivity contribution in [2.75, 3.05) is 18.0 Å². The lowest BCUT2D eigenvalue weighted by molar-refractivity contribution is -0.142. The minimum atomic E-state index is -1.11. The molecule has 0 bridgehead atoms. The SMILES string of the molecule is CCc1csc(N2CCC(N)(C(=O)O)C2)n1. The van der Waals surface area contributed by atoms with Gasteiger partial charge in [0, 0.05) is 18.5 Å². The molecule has 1 unspecified atom stereocenters. The van der Waals surface area contributed by atoms with Crippen LogP contribution >= 0.6 is 11.3 Å². The fourth-order valence-corrected chi connectivity index (χ4v) is 2.71. The maximum absolute atomic E-state index is 11.0. The van der Waals surface area contributed by atoms with Crippen LogP contribution in [0.1, 0.15) is 19.0 Å². The van der Waals surface area contributed by atoms with Crippen molar-refractivity contribution in [1.29, 1.82) is 0 Å². The highest BCUT2D eigenvalue weighted by atomic mass is 32.1. The summed E-state index contributed by atoms with van der Waals surface area (Å²) >= 11 is 1.55. The van der Waals surface area contributed by atoms with Gasteiger partial charge < -0.3 is 15.7 Å². The number of anilines is 1. The van der Waals surface area contributed by atoms with E-state index in [1.807, 2.05) is 17.2 Å². The molecule has 2 heterocycles. The monoisotopic (exact) mass is 241 g/mol. The number of hydrogen-bond acceptors (Lipinski definition) is 5. The summed E-state index contributed by atoms with van der Waals surface area (Å²) in [5, 5.41) is 11.9. The number of nitrogens with zero attached hydrogens (tertiary/aromatic N) is 2. The number of aliphatic carboxylic acids is 1. The first-order valence-corrected chi connectivity index (χ1v) is 6.15. The molecule has 0 aliphatic carbocycles. The van der Waals surface area contributed by atoms with Crippen LogP contribution < -0.4 is 10.6 Å². The Hall–Kier alpha value is -1.14. The van der Waals surface area contributed by atoms with Crippen molar-refractivity contribution in [2.45, 2.75) is 25.3 Å². The molecule has 0 aromatic carbocycles. The second-order valence-corrected chi connectivity index (χ2v) is 4.94. The van der Waals surface area contributed by atoms with E-state index in [-0.39, 0.29) is 0 Å². The van der Waals surface area contributed by atoms with Crippen LogP contribution in [0.25, 0.3) is 0 Å². The molecule has 1 aliphatic heterocycles. The van der Waals surface area contributed by atoms with Gasteiger partial charge in [0.2, 0.25) is 0 Å². The van der Waals surface area contributed by atoms with Gasteiger partial charge in [-0.05, 0) is 12.8 Å². The molecule has 1 aliphatic rings. The molecule has 3 N–H and O–H groups in total. The third-order valence-corrected chi connectivity index (χ3v) is 3.85. The van der Waals surface area contributed by atoms with Gasteiger partial charge in [-0.15, -0.1) is 11.3 Å². The highest BCUT2D eigenvalue weighted by Crippen LogP contribution is 2.28. The van der Waals surface area contributed by atoms with E-state index >= 15 is 0 Å². The Kier molecular flexibility index (Phi) is 2.86. The Morgan fingerprint density at radius 3 is 3.06 bits per heavy atom. The third kappa shape index (κ3) is 1.90. The molecule has 1 saturated heterocycles. The first kappa shape index (κ1) is 11.3. The number of nitrogens with two attached hydrogens (primary N) is 1. The highest BCUT2D eigenvalue weighted by molar-refractivity contribution is 7.13. The van der Waals surface area contributed by atoms with Gasteiger partial charge >= 0.3 is 5.97 Å². The van der Waals surface area contributed by atoms with Crippen molar-refractivity contribution in [3.63, 3.8) is 0 Å². The molecule has 0 radical (unpaired) electrons. The van der Waals surface area contributed by atoms with E-state index in [0.29, 0.717) is 19.5 Å². The first-order chi connectivity index (χ1) is 7.55. The summed E-state index contributed by atoms with van der Waals surface area (Å²) in [6.45, 7) is 3.06. The van der Waals surface area contributed by atoms with Crippen LogP contribution in [0, 0.1) is 0 Å². The van der Waals surface area contributed by atoms with Gasteiger partial charge in [-0.25, -0.2) is 4.98 Å². The molecule has 1 aromatic heterocycles. The van der Waals surface area contributed by atoms with Gasteiger partial charge in [0.25, 0.3) is 0 Å². The molecule has 0 spiro atoms. The number of rotatable bonds is 3. The lowest BCUT2D eigenvalue weighted by atomic mass is 10.0. The molecule has 0 saturated carbocycles. The Labute approximate surface area is 97.9 Å². The summed E-state index contributed by atoms with van der Waals surface area (Å²) in [6.07, 6.45) is 1.38. The normalized spacial score (nSPS) is 25.0. The minimum absolute atomic E-state index is 0.346. The van der Waals surface area contributed by atoms with E-state index in [1.165, 1.54) is 0 Å². The fourth-order valence-electron chi connectivity index (χ4n) is 1.77. The minimum Gasteiger partial charge on any atom is -0.480 e. The summed E-state index contributed by atoms with van der Waals surface area (Å²) in [4.78, 5) is 17.4. The maximum Gasteiger partial charge on any atom is 0.325 e. The quantitative estimate of drug-likeness (QED) is 0.814. The molecule has 0 amide bonds. The zero-order valence-corrected chi connectivity index (χ0v) is 9.96. The van der Waals surface area contributed by atoms with Crippen molar-refractivity contribution in [1.82, 2.24) is 4.98 Å². The highest BCUT2D eigenvalue weighted by Gasteiger charge is 2.42. The predicted molar refractivity (Wildman–Crippen MR) is 62.9 cm³/mol. The standard InChI is InChI=1S/C10H15N3O2S/c1-2-7-5-16-9(12-7)13-4-3-10(11,6-13)8(14)15/h5H,2-4,6,11H2,1H3,(H,14,15). The summed E-state index contributed by atoms with van der Waals surface area (Å²) in [5.41, 5.74) is 5.74. The first-order valence-electron chi connectivity index (χ1n) is 5.27. The van der Waals surface area contributed by atoms with Crippen LogP contribution in [0.4, 0.5) is 5.13 Å². The lowest BCUT2D eigenvalue weighted by Crippen LogP contribution is -2.50. The number of carboxylic acids is 1. The molecule has 1 fully saturated rings. The summed E-state index contributed by atoms with van der Waals surface area (Å²) in [6, 6.07) is 0. The summed E-state index contributed by atoms with van der Waals surface area (Å²) in [7, 11) is 0. The number of hydrogen-bond donors (Lipinski definition) is 2. The predicted octanol–water partition coefficient (Wildman–Crippen LogP) is 0.698. The Morgan fingerprint density at radius 1 is 1.81 bits per heavy atom. The van der Waals surface area contributed by atoms with Crippen molar-refractivity contribution < 1.29 is 9.90 Å². The molecule has 16 heavy (non-hydrogen) atoms. The maximum atomic E-state index is 11.0. The lowest BCUT2D eigenvalue weighted by Gasteiger charge is -2.19. The van der Waals surface area contributed by atoms with Gasteiger partial charge in [-0.2, -0.15) is 0 Å². The second kappa shape index (κ2) is 4.03. The topological polar surface area (TPSA) is 79.5 Å². The summed E-state index contributed by atoms with van der Waals surface area (Å²) in [5.74, 6) is -0.928. The van der Waals surface area contributed by atoms with Crippen LogP contribution in [-0.2, 0) is 11.2 Å². The Bertz CT molecular complexity index is 407. The number of aryl methyl sites for hydroxylation is 1. The van der Waals surface area contributed by atoms with E-state index in [0.717, 1.165) is 17.2 Å². The summed E-state index contributed by atoms with van der Waals surface area (Å²) < 4.78 is 0. The van der Waals surface area contributed by atoms with E-state index in [1.54, 1.807) is 11.3 Å². The van der Waals surface area contributed by atoms with Gasteiger partial charge in [-0.3, -0.25) is 4.79 Å². The van der Waals surface area contributed by atoms with Crippen LogP contribution in [0.3, 0.4) is 0 Å². The molecule has 1 aromatic rings. The van der Waals surface area contributed by atoms with Crippen molar-refractivity contribution >= 4 is 22.4 Å². The van der Waals surface area contributed by atoms with Crippen LogP contribution in [-0.4, -0.2) is 34.7 Å². The van der Waals surface area contributed by atoms with Gasteiger partial charge in [0.05, 0.1) is 5.69 Å². The number of carboxylic acid groups (broad SMARTS) is 1. The van der Waals surface area contributed by atoms with Gasteiger partial charge in [0.15, 0.2) is 5.13 Å². The molecule has 1 atom stereocenters. The molecule has 88 valence electrons. The van der Waals surface area contributed by atoms with Crippen LogP contribution in [0.5, 0.6) is 0 Å². The Balaban J connectivity index is 2.11.